The van der Waals surface area contributed by atoms with Crippen LogP contribution in [-0.4, -0.2) is 17.7 Å². The third kappa shape index (κ3) is 4.96. The molecule has 0 aliphatic heterocycles. The van der Waals surface area contributed by atoms with Gasteiger partial charge in [0.2, 0.25) is 0 Å². The van der Waals surface area contributed by atoms with E-state index in [4.69, 9.17) is 4.52 Å². The van der Waals surface area contributed by atoms with Crippen LogP contribution in [0.15, 0.2) is 70.2 Å². The highest BCUT2D eigenvalue weighted by Crippen LogP contribution is 2.19. The number of hydrogen-bond donors (Lipinski definition) is 2. The first-order chi connectivity index (χ1) is 12.7. The average Bonchev–Trinajstić information content (AvgIpc) is 3.15. The Balaban J connectivity index is 1.61. The van der Waals surface area contributed by atoms with Gasteiger partial charge < -0.3 is 15.2 Å². The molecule has 26 heavy (non-hydrogen) atoms. The Morgan fingerprint density at radius 3 is 2.54 bits per heavy atom. The highest BCUT2D eigenvalue weighted by Gasteiger charge is 2.07. The molecule has 0 saturated carbocycles. The molecule has 5 nitrogen and oxygen atoms in total. The second-order valence-corrected chi connectivity index (χ2v) is 6.08. The van der Waals surface area contributed by atoms with Crippen molar-refractivity contribution in [3.8, 4) is 11.3 Å². The Morgan fingerprint density at radius 2 is 1.81 bits per heavy atom. The fourth-order valence-electron chi connectivity index (χ4n) is 2.51. The van der Waals surface area contributed by atoms with Gasteiger partial charge in [0.25, 0.3) is 0 Å². The van der Waals surface area contributed by atoms with Crippen molar-refractivity contribution < 1.29 is 4.52 Å². The molecule has 3 aromatic rings. The standard InChI is InChI=1S/C21H24N4O/c1-3-22-21(23-14-17-11-9-16(2)10-12-17)24-15-19-13-20(26-25-19)18-7-5-4-6-8-18/h4-13H,3,14-15H2,1-2H3,(H2,22,23,24). The topological polar surface area (TPSA) is 62.5 Å². The number of nitrogens with zero attached hydrogens (tertiary/aromatic N) is 2. The van der Waals surface area contributed by atoms with Gasteiger partial charge in [-0.05, 0) is 19.4 Å². The molecule has 2 aromatic carbocycles. The Kier molecular flexibility index (Phi) is 6.04. The van der Waals surface area contributed by atoms with E-state index >= 15 is 0 Å². The summed E-state index contributed by atoms with van der Waals surface area (Å²) >= 11 is 0. The van der Waals surface area contributed by atoms with Gasteiger partial charge in [-0.3, -0.25) is 0 Å². The van der Waals surface area contributed by atoms with E-state index in [1.165, 1.54) is 11.1 Å². The Hall–Kier alpha value is -3.08. The van der Waals surface area contributed by atoms with Gasteiger partial charge in [-0.15, -0.1) is 0 Å². The molecule has 0 saturated heterocycles. The third-order valence-electron chi connectivity index (χ3n) is 3.94. The monoisotopic (exact) mass is 348 g/mol. The van der Waals surface area contributed by atoms with Crippen molar-refractivity contribution in [2.45, 2.75) is 26.9 Å². The fourth-order valence-corrected chi connectivity index (χ4v) is 2.51. The first kappa shape index (κ1) is 17.7. The van der Waals surface area contributed by atoms with Crippen molar-refractivity contribution in [2.75, 3.05) is 6.54 Å². The molecule has 3 rings (SSSR count). The number of aryl methyl sites for hydroxylation is 1. The minimum atomic E-state index is 0.552. The summed E-state index contributed by atoms with van der Waals surface area (Å²) in [6.45, 7) is 6.11. The van der Waals surface area contributed by atoms with Crippen molar-refractivity contribution in [1.29, 1.82) is 0 Å². The molecule has 5 heteroatoms. The molecular formula is C21H24N4O. The zero-order valence-electron chi connectivity index (χ0n) is 15.2. The quantitative estimate of drug-likeness (QED) is 0.524. The van der Waals surface area contributed by atoms with Crippen LogP contribution in [0.25, 0.3) is 11.3 Å². The molecule has 1 heterocycles. The maximum atomic E-state index is 5.43. The molecule has 0 amide bonds. The van der Waals surface area contributed by atoms with Gasteiger partial charge in [-0.25, -0.2) is 4.99 Å². The van der Waals surface area contributed by atoms with E-state index in [0.29, 0.717) is 13.1 Å². The smallest absolute Gasteiger partial charge is 0.191 e. The lowest BCUT2D eigenvalue weighted by Gasteiger charge is -2.10. The number of hydrogen-bond acceptors (Lipinski definition) is 3. The van der Waals surface area contributed by atoms with E-state index in [1.807, 2.05) is 43.3 Å². The van der Waals surface area contributed by atoms with Crippen LogP contribution in [-0.2, 0) is 13.1 Å². The minimum Gasteiger partial charge on any atom is -0.357 e. The lowest BCUT2D eigenvalue weighted by atomic mass is 10.1. The van der Waals surface area contributed by atoms with Crippen LogP contribution in [0.1, 0.15) is 23.7 Å². The second kappa shape index (κ2) is 8.85. The van der Waals surface area contributed by atoms with E-state index in [9.17, 15) is 0 Å². The summed E-state index contributed by atoms with van der Waals surface area (Å²) in [4.78, 5) is 4.63. The second-order valence-electron chi connectivity index (χ2n) is 6.08. The van der Waals surface area contributed by atoms with E-state index < -0.39 is 0 Å². The largest absolute Gasteiger partial charge is 0.357 e. The summed E-state index contributed by atoms with van der Waals surface area (Å²) in [6, 6.07) is 20.3. The van der Waals surface area contributed by atoms with Gasteiger partial charge in [0, 0.05) is 18.2 Å². The molecular weight excluding hydrogens is 324 g/mol. The normalized spacial score (nSPS) is 11.4. The zero-order valence-corrected chi connectivity index (χ0v) is 15.2. The summed E-state index contributed by atoms with van der Waals surface area (Å²) in [6.07, 6.45) is 0. The summed E-state index contributed by atoms with van der Waals surface area (Å²) < 4.78 is 5.43. The number of guanidine groups is 1. The van der Waals surface area contributed by atoms with Crippen LogP contribution < -0.4 is 10.6 Å². The van der Waals surface area contributed by atoms with Crippen molar-refractivity contribution >= 4 is 5.96 Å². The highest BCUT2D eigenvalue weighted by atomic mass is 16.5. The number of benzene rings is 2. The maximum absolute atomic E-state index is 5.43. The van der Waals surface area contributed by atoms with E-state index in [2.05, 4.69) is 52.0 Å². The van der Waals surface area contributed by atoms with Crippen molar-refractivity contribution in [2.24, 2.45) is 4.99 Å². The van der Waals surface area contributed by atoms with E-state index in [-0.39, 0.29) is 0 Å². The lowest BCUT2D eigenvalue weighted by molar-refractivity contribution is 0.422. The summed E-state index contributed by atoms with van der Waals surface area (Å²) in [5, 5.41) is 10.7. The van der Waals surface area contributed by atoms with Crippen LogP contribution in [0.2, 0.25) is 0 Å². The predicted molar refractivity (Wildman–Crippen MR) is 105 cm³/mol. The average molecular weight is 348 g/mol. The zero-order chi connectivity index (χ0) is 18.2. The molecule has 0 unspecified atom stereocenters. The van der Waals surface area contributed by atoms with Crippen LogP contribution in [0.3, 0.4) is 0 Å². The Morgan fingerprint density at radius 1 is 1.04 bits per heavy atom. The van der Waals surface area contributed by atoms with Crippen LogP contribution in [0.4, 0.5) is 0 Å². The van der Waals surface area contributed by atoms with Crippen LogP contribution in [0.5, 0.6) is 0 Å². The SMILES string of the molecule is CCNC(=NCc1ccc(C)cc1)NCc1cc(-c2ccccc2)on1. The van der Waals surface area contributed by atoms with Gasteiger partial charge in [0.1, 0.15) is 5.69 Å². The Labute approximate surface area is 154 Å². The molecule has 0 aliphatic rings. The molecule has 0 aliphatic carbocycles. The van der Waals surface area contributed by atoms with E-state index in [0.717, 1.165) is 29.5 Å². The molecule has 0 radical (unpaired) electrons. The van der Waals surface area contributed by atoms with Crippen molar-refractivity contribution in [3.05, 3.63) is 77.5 Å². The van der Waals surface area contributed by atoms with Crippen LogP contribution >= 0.6 is 0 Å². The van der Waals surface area contributed by atoms with Crippen molar-refractivity contribution in [3.63, 3.8) is 0 Å². The number of nitrogens with one attached hydrogen (secondary N) is 2. The maximum Gasteiger partial charge on any atom is 0.191 e. The Bertz CT molecular complexity index is 838. The molecule has 134 valence electrons. The molecule has 0 fully saturated rings. The van der Waals surface area contributed by atoms with Gasteiger partial charge in [0.15, 0.2) is 11.7 Å². The molecule has 0 atom stereocenters. The van der Waals surface area contributed by atoms with Crippen LogP contribution in [0, 0.1) is 6.92 Å². The molecule has 0 bridgehead atoms. The van der Waals surface area contributed by atoms with Gasteiger partial charge in [-0.2, -0.15) is 0 Å². The van der Waals surface area contributed by atoms with Gasteiger partial charge in [-0.1, -0.05) is 65.3 Å². The summed E-state index contributed by atoms with van der Waals surface area (Å²) in [5.41, 5.74) is 4.29. The van der Waals surface area contributed by atoms with E-state index in [1.54, 1.807) is 0 Å². The number of rotatable bonds is 6. The summed E-state index contributed by atoms with van der Waals surface area (Å²) in [7, 11) is 0. The fraction of sp³-hybridized carbons (Fsp3) is 0.238. The van der Waals surface area contributed by atoms with Gasteiger partial charge in [0.05, 0.1) is 13.1 Å². The third-order valence-corrected chi connectivity index (χ3v) is 3.94. The molecule has 0 spiro atoms. The lowest BCUT2D eigenvalue weighted by Crippen LogP contribution is -2.36. The number of aromatic nitrogens is 1. The molecule has 2 N–H and O–H groups in total. The van der Waals surface area contributed by atoms with Gasteiger partial charge >= 0.3 is 0 Å². The highest BCUT2D eigenvalue weighted by molar-refractivity contribution is 5.79. The predicted octanol–water partition coefficient (Wildman–Crippen LogP) is 3.91. The first-order valence-electron chi connectivity index (χ1n) is 8.83. The minimum absolute atomic E-state index is 0.552. The molecule has 1 aromatic heterocycles. The number of aliphatic imine (C=N–C) groups is 1. The van der Waals surface area contributed by atoms with Crippen molar-refractivity contribution in [1.82, 2.24) is 15.8 Å². The first-order valence-corrected chi connectivity index (χ1v) is 8.83. The summed E-state index contributed by atoms with van der Waals surface area (Å²) in [5.74, 6) is 1.53.